The van der Waals surface area contributed by atoms with Crippen molar-refractivity contribution in [3.63, 3.8) is 0 Å². The largest absolute Gasteiger partial charge is 0.492 e. The van der Waals surface area contributed by atoms with E-state index < -0.39 is 0 Å². The number of benzene rings is 1. The van der Waals surface area contributed by atoms with E-state index in [0.717, 1.165) is 10.9 Å². The Morgan fingerprint density at radius 2 is 2.05 bits per heavy atom. The molecule has 1 aromatic heterocycles. The van der Waals surface area contributed by atoms with Gasteiger partial charge in [-0.2, -0.15) is 4.98 Å². The third kappa shape index (κ3) is 3.04. The molecule has 2 N–H and O–H groups in total. The Labute approximate surface area is 117 Å². The van der Waals surface area contributed by atoms with Gasteiger partial charge in [0.05, 0.1) is 5.69 Å². The Hall–Kier alpha value is -1.62. The van der Waals surface area contributed by atoms with Crippen LogP contribution in [0.25, 0.3) is 0 Å². The Bertz CT molecular complexity index is 559. The van der Waals surface area contributed by atoms with E-state index in [1.807, 2.05) is 21.0 Å². The highest BCUT2D eigenvalue weighted by Gasteiger charge is 2.10. The molecule has 1 aromatic carbocycles. The van der Waals surface area contributed by atoms with E-state index in [-0.39, 0.29) is 5.88 Å². The van der Waals surface area contributed by atoms with Gasteiger partial charge in [-0.3, -0.25) is 0 Å². The molecule has 0 saturated heterocycles. The van der Waals surface area contributed by atoms with E-state index in [9.17, 15) is 5.11 Å². The van der Waals surface area contributed by atoms with Gasteiger partial charge in [0.15, 0.2) is 5.16 Å². The van der Waals surface area contributed by atoms with Gasteiger partial charge in [-0.05, 0) is 31.0 Å². The summed E-state index contributed by atoms with van der Waals surface area (Å²) in [6.07, 6.45) is 0. The van der Waals surface area contributed by atoms with E-state index in [0.29, 0.717) is 5.69 Å². The standard InChI is InChI=1S/C14H19N3OS/c1-9-6-5-7-12(17(3)4)11(9)8-19-14-15-10(2)13(18)16-14/h5-7,18H,8H2,1-4H3,(H,15,16). The number of imidazole rings is 1. The molecule has 0 unspecified atom stereocenters. The number of anilines is 1. The van der Waals surface area contributed by atoms with Gasteiger partial charge in [0.1, 0.15) is 0 Å². The van der Waals surface area contributed by atoms with E-state index >= 15 is 0 Å². The number of aromatic nitrogens is 2. The number of hydrogen-bond donors (Lipinski definition) is 2. The average Bonchev–Trinajstić information content (AvgIpc) is 2.67. The van der Waals surface area contributed by atoms with Crippen molar-refractivity contribution in [2.75, 3.05) is 19.0 Å². The minimum absolute atomic E-state index is 0.0834. The third-order valence-electron chi connectivity index (χ3n) is 3.06. The van der Waals surface area contributed by atoms with Gasteiger partial charge < -0.3 is 15.0 Å². The van der Waals surface area contributed by atoms with Crippen molar-refractivity contribution in [1.29, 1.82) is 0 Å². The van der Waals surface area contributed by atoms with Crippen LogP contribution in [0.5, 0.6) is 5.88 Å². The fraction of sp³-hybridized carbons (Fsp3) is 0.357. The van der Waals surface area contributed by atoms with Crippen LogP contribution in [0.1, 0.15) is 16.8 Å². The number of nitrogens with zero attached hydrogens (tertiary/aromatic N) is 2. The first kappa shape index (κ1) is 13.8. The molecule has 2 aromatic rings. The monoisotopic (exact) mass is 277 g/mol. The highest BCUT2D eigenvalue weighted by atomic mass is 32.2. The van der Waals surface area contributed by atoms with Gasteiger partial charge in [0.2, 0.25) is 5.88 Å². The number of aryl methyl sites for hydroxylation is 2. The van der Waals surface area contributed by atoms with Crippen molar-refractivity contribution in [1.82, 2.24) is 9.97 Å². The molecule has 0 bridgehead atoms. The molecule has 0 aliphatic rings. The Kier molecular flexibility index (Phi) is 4.04. The van der Waals surface area contributed by atoms with Crippen molar-refractivity contribution in [3.8, 4) is 5.88 Å². The molecule has 0 aliphatic carbocycles. The first-order valence-electron chi connectivity index (χ1n) is 6.13. The topological polar surface area (TPSA) is 52.1 Å². The van der Waals surface area contributed by atoms with Gasteiger partial charge >= 0.3 is 0 Å². The lowest BCUT2D eigenvalue weighted by Crippen LogP contribution is -2.11. The summed E-state index contributed by atoms with van der Waals surface area (Å²) in [5.74, 6) is 0.909. The summed E-state index contributed by atoms with van der Waals surface area (Å²) < 4.78 is 0. The number of aromatic amines is 1. The first-order chi connectivity index (χ1) is 8.99. The predicted octanol–water partition coefficient (Wildman–Crippen LogP) is 3.09. The molecule has 0 amide bonds. The summed E-state index contributed by atoms with van der Waals surface area (Å²) in [7, 11) is 4.09. The molecular weight excluding hydrogens is 258 g/mol. The van der Waals surface area contributed by atoms with Crippen LogP contribution < -0.4 is 4.90 Å². The molecule has 0 radical (unpaired) electrons. The van der Waals surface area contributed by atoms with Crippen LogP contribution in [0.3, 0.4) is 0 Å². The SMILES string of the molecule is Cc1cccc(N(C)C)c1CSc1nc(O)c(C)[nH]1. The fourth-order valence-electron chi connectivity index (χ4n) is 1.93. The Balaban J connectivity index is 2.19. The van der Waals surface area contributed by atoms with Crippen LogP contribution >= 0.6 is 11.8 Å². The van der Waals surface area contributed by atoms with Crippen molar-refractivity contribution in [2.24, 2.45) is 0 Å². The van der Waals surface area contributed by atoms with Crippen LogP contribution in [0.2, 0.25) is 0 Å². The number of thioether (sulfide) groups is 1. The molecule has 2 rings (SSSR count). The van der Waals surface area contributed by atoms with Crippen molar-refractivity contribution < 1.29 is 5.11 Å². The van der Waals surface area contributed by atoms with Crippen LogP contribution in [-0.4, -0.2) is 29.2 Å². The van der Waals surface area contributed by atoms with E-state index in [4.69, 9.17) is 0 Å². The van der Waals surface area contributed by atoms with Crippen LogP contribution in [0, 0.1) is 13.8 Å². The highest BCUT2D eigenvalue weighted by Crippen LogP contribution is 2.30. The van der Waals surface area contributed by atoms with Crippen LogP contribution in [-0.2, 0) is 5.75 Å². The number of rotatable bonds is 4. The summed E-state index contributed by atoms with van der Waals surface area (Å²) in [6, 6.07) is 6.31. The van der Waals surface area contributed by atoms with Gasteiger partial charge in [0, 0.05) is 25.5 Å². The first-order valence-corrected chi connectivity index (χ1v) is 7.11. The molecule has 4 nitrogen and oxygen atoms in total. The van der Waals surface area contributed by atoms with E-state index in [1.165, 1.54) is 16.8 Å². The maximum absolute atomic E-state index is 9.47. The molecule has 0 saturated carbocycles. The van der Waals surface area contributed by atoms with Gasteiger partial charge in [-0.1, -0.05) is 23.9 Å². The smallest absolute Gasteiger partial charge is 0.233 e. The molecule has 0 fully saturated rings. The summed E-state index contributed by atoms with van der Waals surface area (Å²) in [5.41, 5.74) is 4.50. The minimum atomic E-state index is 0.0834. The molecule has 5 heteroatoms. The lowest BCUT2D eigenvalue weighted by Gasteiger charge is -2.18. The van der Waals surface area contributed by atoms with E-state index in [2.05, 4.69) is 40.0 Å². The zero-order valence-corrected chi connectivity index (χ0v) is 12.5. The minimum Gasteiger partial charge on any atom is -0.492 e. The molecular formula is C14H19N3OS. The zero-order chi connectivity index (χ0) is 14.0. The zero-order valence-electron chi connectivity index (χ0n) is 11.7. The Morgan fingerprint density at radius 1 is 1.32 bits per heavy atom. The molecule has 19 heavy (non-hydrogen) atoms. The van der Waals surface area contributed by atoms with Crippen molar-refractivity contribution in [3.05, 3.63) is 35.0 Å². The summed E-state index contributed by atoms with van der Waals surface area (Å²) >= 11 is 1.60. The lowest BCUT2D eigenvalue weighted by molar-refractivity contribution is 0.450. The maximum atomic E-state index is 9.47. The fourth-order valence-corrected chi connectivity index (χ4v) is 2.96. The summed E-state index contributed by atoms with van der Waals surface area (Å²) in [4.78, 5) is 9.27. The molecule has 0 atom stereocenters. The van der Waals surface area contributed by atoms with Gasteiger partial charge in [0.25, 0.3) is 0 Å². The second-order valence-corrected chi connectivity index (χ2v) is 5.71. The second-order valence-electron chi connectivity index (χ2n) is 4.75. The number of hydrogen-bond acceptors (Lipinski definition) is 4. The Morgan fingerprint density at radius 3 is 2.63 bits per heavy atom. The number of H-pyrrole nitrogens is 1. The number of nitrogens with one attached hydrogen (secondary N) is 1. The van der Waals surface area contributed by atoms with Crippen molar-refractivity contribution in [2.45, 2.75) is 24.8 Å². The second kappa shape index (κ2) is 5.57. The molecule has 0 aliphatic heterocycles. The van der Waals surface area contributed by atoms with Gasteiger partial charge in [-0.25, -0.2) is 0 Å². The van der Waals surface area contributed by atoms with Gasteiger partial charge in [-0.15, -0.1) is 0 Å². The summed E-state index contributed by atoms with van der Waals surface area (Å²) in [5, 5.41) is 10.2. The van der Waals surface area contributed by atoms with Crippen LogP contribution in [0.15, 0.2) is 23.4 Å². The normalized spacial score (nSPS) is 10.7. The summed E-state index contributed by atoms with van der Waals surface area (Å²) in [6.45, 7) is 3.93. The highest BCUT2D eigenvalue weighted by molar-refractivity contribution is 7.98. The predicted molar refractivity (Wildman–Crippen MR) is 80.1 cm³/mol. The lowest BCUT2D eigenvalue weighted by atomic mass is 10.1. The molecule has 1 heterocycles. The quantitative estimate of drug-likeness (QED) is 0.843. The van der Waals surface area contributed by atoms with Crippen molar-refractivity contribution >= 4 is 17.4 Å². The molecule has 0 spiro atoms. The average molecular weight is 277 g/mol. The number of aromatic hydroxyl groups is 1. The maximum Gasteiger partial charge on any atom is 0.233 e. The molecule has 102 valence electrons. The van der Waals surface area contributed by atoms with E-state index in [1.54, 1.807) is 11.8 Å². The third-order valence-corrected chi connectivity index (χ3v) is 3.96. The van der Waals surface area contributed by atoms with Crippen LogP contribution in [0.4, 0.5) is 5.69 Å².